The molecule has 0 aliphatic heterocycles. The molecular formula is C24H32N4O5S. The highest BCUT2D eigenvalue weighted by Crippen LogP contribution is 2.33. The van der Waals surface area contributed by atoms with Crippen molar-refractivity contribution >= 4 is 34.2 Å². The Morgan fingerprint density at radius 2 is 1.88 bits per heavy atom. The Kier molecular flexibility index (Phi) is 9.84. The van der Waals surface area contributed by atoms with E-state index in [1.165, 1.54) is 11.3 Å². The molecule has 0 bridgehead atoms. The SMILES string of the molecule is COCCNC(=O)[C@@H](c1ccc(OC)cc1)N(C(=O)CCC(=O)Nc1nccs1)C1CCCC1. The van der Waals surface area contributed by atoms with Crippen LogP contribution in [0.15, 0.2) is 35.8 Å². The lowest BCUT2D eigenvalue weighted by atomic mass is 10.00. The van der Waals surface area contributed by atoms with Gasteiger partial charge in [-0.3, -0.25) is 14.4 Å². The molecule has 0 saturated heterocycles. The molecule has 0 spiro atoms. The van der Waals surface area contributed by atoms with Crippen molar-refractivity contribution in [2.75, 3.05) is 32.7 Å². The van der Waals surface area contributed by atoms with Gasteiger partial charge in [-0.25, -0.2) is 4.98 Å². The number of ether oxygens (including phenoxy) is 2. The van der Waals surface area contributed by atoms with Gasteiger partial charge in [0, 0.05) is 44.1 Å². The van der Waals surface area contributed by atoms with Crippen molar-refractivity contribution in [2.45, 2.75) is 50.6 Å². The monoisotopic (exact) mass is 488 g/mol. The minimum Gasteiger partial charge on any atom is -0.497 e. The number of hydrogen-bond donors (Lipinski definition) is 2. The normalized spacial score (nSPS) is 14.4. The van der Waals surface area contributed by atoms with Crippen LogP contribution in [0.2, 0.25) is 0 Å². The fraction of sp³-hybridized carbons (Fsp3) is 0.500. The number of rotatable bonds is 12. The van der Waals surface area contributed by atoms with Crippen LogP contribution in [0.4, 0.5) is 5.13 Å². The first-order valence-electron chi connectivity index (χ1n) is 11.4. The van der Waals surface area contributed by atoms with Gasteiger partial charge in [-0.2, -0.15) is 0 Å². The van der Waals surface area contributed by atoms with Gasteiger partial charge in [0.05, 0.1) is 13.7 Å². The van der Waals surface area contributed by atoms with Crippen molar-refractivity contribution in [3.05, 3.63) is 41.4 Å². The number of thiazole rings is 1. The van der Waals surface area contributed by atoms with Crippen LogP contribution in [0.5, 0.6) is 5.75 Å². The maximum Gasteiger partial charge on any atom is 0.247 e. The second-order valence-electron chi connectivity index (χ2n) is 8.08. The molecule has 1 heterocycles. The number of aromatic nitrogens is 1. The Bertz CT molecular complexity index is 929. The van der Waals surface area contributed by atoms with Gasteiger partial charge in [0.15, 0.2) is 5.13 Å². The predicted molar refractivity (Wildman–Crippen MR) is 130 cm³/mol. The van der Waals surface area contributed by atoms with Gasteiger partial charge in [0.2, 0.25) is 17.7 Å². The molecule has 3 rings (SSSR count). The van der Waals surface area contributed by atoms with Crippen LogP contribution in [0.1, 0.15) is 50.1 Å². The average molecular weight is 489 g/mol. The highest BCUT2D eigenvalue weighted by atomic mass is 32.1. The number of benzene rings is 1. The fourth-order valence-electron chi connectivity index (χ4n) is 4.15. The lowest BCUT2D eigenvalue weighted by Gasteiger charge is -2.36. The third-order valence-corrected chi connectivity index (χ3v) is 6.50. The zero-order valence-electron chi connectivity index (χ0n) is 19.6. The Labute approximate surface area is 203 Å². The van der Waals surface area contributed by atoms with E-state index >= 15 is 0 Å². The first-order chi connectivity index (χ1) is 16.5. The predicted octanol–water partition coefficient (Wildman–Crippen LogP) is 3.15. The molecule has 1 fully saturated rings. The van der Waals surface area contributed by atoms with Crippen LogP contribution in [-0.2, 0) is 19.1 Å². The summed E-state index contributed by atoms with van der Waals surface area (Å²) >= 11 is 1.32. The molecule has 1 aromatic heterocycles. The maximum absolute atomic E-state index is 13.5. The van der Waals surface area contributed by atoms with Crippen LogP contribution in [0.25, 0.3) is 0 Å². The number of amides is 3. The lowest BCUT2D eigenvalue weighted by molar-refractivity contribution is -0.144. The number of carbonyl (C=O) groups is 3. The van der Waals surface area contributed by atoms with E-state index in [-0.39, 0.29) is 36.6 Å². The van der Waals surface area contributed by atoms with E-state index in [4.69, 9.17) is 9.47 Å². The summed E-state index contributed by atoms with van der Waals surface area (Å²) in [7, 11) is 3.15. The molecule has 1 aliphatic carbocycles. The van der Waals surface area contributed by atoms with Gasteiger partial charge in [0.1, 0.15) is 11.8 Å². The Hall–Kier alpha value is -2.98. The van der Waals surface area contributed by atoms with Gasteiger partial charge in [-0.1, -0.05) is 25.0 Å². The topological polar surface area (TPSA) is 110 Å². The molecule has 2 aromatic rings. The van der Waals surface area contributed by atoms with E-state index in [9.17, 15) is 14.4 Å². The summed E-state index contributed by atoms with van der Waals surface area (Å²) in [5.41, 5.74) is 0.697. The summed E-state index contributed by atoms with van der Waals surface area (Å²) < 4.78 is 10.3. The molecule has 0 radical (unpaired) electrons. The summed E-state index contributed by atoms with van der Waals surface area (Å²) in [6.45, 7) is 0.709. The number of methoxy groups -OCH3 is 2. The van der Waals surface area contributed by atoms with E-state index in [2.05, 4.69) is 15.6 Å². The zero-order valence-corrected chi connectivity index (χ0v) is 20.4. The quantitative estimate of drug-likeness (QED) is 0.444. The fourth-order valence-corrected chi connectivity index (χ4v) is 4.70. The minimum absolute atomic E-state index is 0.00567. The molecule has 0 unspecified atom stereocenters. The maximum atomic E-state index is 13.5. The van der Waals surface area contributed by atoms with Crippen molar-refractivity contribution in [3.63, 3.8) is 0 Å². The van der Waals surface area contributed by atoms with Gasteiger partial charge >= 0.3 is 0 Å². The molecule has 34 heavy (non-hydrogen) atoms. The van der Waals surface area contributed by atoms with E-state index in [1.54, 1.807) is 42.8 Å². The van der Waals surface area contributed by atoms with Gasteiger partial charge in [-0.15, -0.1) is 11.3 Å². The molecule has 3 amide bonds. The number of hydrogen-bond acceptors (Lipinski definition) is 7. The Morgan fingerprint density at radius 3 is 2.50 bits per heavy atom. The van der Waals surface area contributed by atoms with Crippen LogP contribution < -0.4 is 15.4 Å². The molecule has 1 aromatic carbocycles. The van der Waals surface area contributed by atoms with Crippen molar-refractivity contribution in [1.82, 2.24) is 15.2 Å². The van der Waals surface area contributed by atoms with Gasteiger partial charge < -0.3 is 25.0 Å². The molecule has 9 nitrogen and oxygen atoms in total. The van der Waals surface area contributed by atoms with Crippen LogP contribution >= 0.6 is 11.3 Å². The molecule has 10 heteroatoms. The number of nitrogens with zero attached hydrogens (tertiary/aromatic N) is 2. The standard InChI is InChI=1S/C24H32N4O5S/c1-32-15-13-25-23(31)22(17-7-9-19(33-2)10-8-17)28(18-5-3-4-6-18)21(30)12-11-20(29)27-24-26-14-16-34-24/h7-10,14,16,18,22H,3-6,11-13,15H2,1-2H3,(H,25,31)(H,26,27,29)/t22-/m1/s1. The first kappa shape index (κ1) is 25.6. The molecule has 2 N–H and O–H groups in total. The minimum atomic E-state index is -0.805. The first-order valence-corrected chi connectivity index (χ1v) is 12.3. The highest BCUT2D eigenvalue weighted by molar-refractivity contribution is 7.13. The lowest BCUT2D eigenvalue weighted by Crippen LogP contribution is -2.48. The largest absolute Gasteiger partial charge is 0.497 e. The number of carbonyl (C=O) groups excluding carboxylic acids is 3. The van der Waals surface area contributed by atoms with Gasteiger partial charge in [0.25, 0.3) is 0 Å². The van der Waals surface area contributed by atoms with Crippen molar-refractivity contribution in [3.8, 4) is 5.75 Å². The summed E-state index contributed by atoms with van der Waals surface area (Å²) in [6, 6.07) is 6.32. The van der Waals surface area contributed by atoms with Crippen LogP contribution in [0.3, 0.4) is 0 Å². The summed E-state index contributed by atoms with van der Waals surface area (Å²) in [4.78, 5) is 44.9. The zero-order chi connectivity index (χ0) is 24.3. The number of nitrogens with one attached hydrogen (secondary N) is 2. The molecule has 1 saturated carbocycles. The summed E-state index contributed by atoms with van der Waals surface area (Å²) in [5, 5.41) is 7.86. The second kappa shape index (κ2) is 13.0. The second-order valence-corrected chi connectivity index (χ2v) is 8.98. The Balaban J connectivity index is 1.81. The van der Waals surface area contributed by atoms with Crippen LogP contribution in [-0.4, -0.2) is 61.0 Å². The smallest absolute Gasteiger partial charge is 0.247 e. The number of anilines is 1. The van der Waals surface area contributed by atoms with Crippen molar-refractivity contribution in [1.29, 1.82) is 0 Å². The van der Waals surface area contributed by atoms with E-state index in [0.717, 1.165) is 25.7 Å². The third-order valence-electron chi connectivity index (χ3n) is 5.81. The molecular weight excluding hydrogens is 456 g/mol. The van der Waals surface area contributed by atoms with Crippen molar-refractivity contribution < 1.29 is 23.9 Å². The Morgan fingerprint density at radius 1 is 1.15 bits per heavy atom. The van der Waals surface area contributed by atoms with Gasteiger partial charge in [-0.05, 0) is 30.5 Å². The van der Waals surface area contributed by atoms with Crippen LogP contribution in [0, 0.1) is 0 Å². The van der Waals surface area contributed by atoms with E-state index < -0.39 is 6.04 Å². The average Bonchev–Trinajstić information content (AvgIpc) is 3.56. The third kappa shape index (κ3) is 7.01. The highest BCUT2D eigenvalue weighted by Gasteiger charge is 2.37. The molecule has 1 atom stereocenters. The summed E-state index contributed by atoms with van der Waals surface area (Å²) in [6.07, 6.45) is 5.28. The molecule has 1 aliphatic rings. The van der Waals surface area contributed by atoms with Crippen molar-refractivity contribution in [2.24, 2.45) is 0 Å². The van der Waals surface area contributed by atoms with E-state index in [0.29, 0.717) is 29.6 Å². The van der Waals surface area contributed by atoms with E-state index in [1.807, 2.05) is 12.1 Å². The summed E-state index contributed by atoms with van der Waals surface area (Å²) in [5.74, 6) is -0.0984. The molecule has 184 valence electrons.